The van der Waals surface area contributed by atoms with Crippen LogP contribution >= 0.6 is 11.6 Å². The molecule has 190 valence electrons. The topological polar surface area (TPSA) is 116 Å². The summed E-state index contributed by atoms with van der Waals surface area (Å²) in [5.74, 6) is 2.06. The van der Waals surface area contributed by atoms with Gasteiger partial charge in [-0.05, 0) is 57.6 Å². The number of carbonyl (C=O) groups is 1. The van der Waals surface area contributed by atoms with E-state index in [2.05, 4.69) is 41.9 Å². The van der Waals surface area contributed by atoms with E-state index in [-0.39, 0.29) is 6.09 Å². The third-order valence-electron chi connectivity index (χ3n) is 6.90. The molecule has 0 aromatic carbocycles. The molecule has 4 aromatic rings. The second-order valence-electron chi connectivity index (χ2n) is 10.5. The van der Waals surface area contributed by atoms with Crippen molar-refractivity contribution in [1.29, 1.82) is 0 Å². The van der Waals surface area contributed by atoms with E-state index in [4.69, 9.17) is 16.3 Å². The molecule has 0 radical (unpaired) electrons. The summed E-state index contributed by atoms with van der Waals surface area (Å²) in [6.07, 6.45) is 8.71. The van der Waals surface area contributed by atoms with Gasteiger partial charge in [-0.25, -0.2) is 24.7 Å². The summed E-state index contributed by atoms with van der Waals surface area (Å²) < 4.78 is 5.53. The maximum absolute atomic E-state index is 12.3. The Morgan fingerprint density at radius 1 is 1.00 bits per heavy atom. The van der Waals surface area contributed by atoms with Crippen molar-refractivity contribution < 1.29 is 9.53 Å². The van der Waals surface area contributed by atoms with Gasteiger partial charge in [0, 0.05) is 38.6 Å². The SMILES string of the molecule is CN(c1ncnc2[nH]ccc12)C1C[C@@H]2CN(C(=O)OC(C)(C)C)C[C@@H]2C1.Clc1ncnc2[nH]ccc12. The van der Waals surface area contributed by atoms with E-state index in [1.165, 1.54) is 6.33 Å². The van der Waals surface area contributed by atoms with Crippen molar-refractivity contribution >= 4 is 45.6 Å². The number of likely N-dealkylation sites (tertiary alicyclic amines) is 1. The number of aromatic nitrogens is 6. The van der Waals surface area contributed by atoms with Crippen LogP contribution < -0.4 is 4.90 Å². The first kappa shape index (κ1) is 24.3. The number of rotatable bonds is 2. The van der Waals surface area contributed by atoms with Crippen LogP contribution in [0.15, 0.2) is 37.2 Å². The Morgan fingerprint density at radius 2 is 1.58 bits per heavy atom. The maximum Gasteiger partial charge on any atom is 0.410 e. The Kier molecular flexibility index (Phi) is 6.46. The van der Waals surface area contributed by atoms with Crippen LogP contribution in [-0.2, 0) is 4.74 Å². The van der Waals surface area contributed by atoms with Crippen LogP contribution in [0.2, 0.25) is 5.15 Å². The summed E-state index contributed by atoms with van der Waals surface area (Å²) in [4.78, 5) is 39.1. The Labute approximate surface area is 214 Å². The highest BCUT2D eigenvalue weighted by molar-refractivity contribution is 6.33. The van der Waals surface area contributed by atoms with E-state index in [0.717, 1.165) is 53.8 Å². The number of hydrogen-bond donors (Lipinski definition) is 2. The van der Waals surface area contributed by atoms with Crippen LogP contribution in [0.3, 0.4) is 0 Å². The lowest BCUT2D eigenvalue weighted by atomic mass is 10.0. The average molecular weight is 511 g/mol. The Hall–Kier alpha value is -3.40. The van der Waals surface area contributed by atoms with Crippen molar-refractivity contribution in [3.8, 4) is 0 Å². The van der Waals surface area contributed by atoms with E-state index in [9.17, 15) is 4.79 Å². The lowest BCUT2D eigenvalue weighted by Gasteiger charge is -2.28. The number of aromatic amines is 2. The highest BCUT2D eigenvalue weighted by Gasteiger charge is 2.44. The number of anilines is 1. The molecule has 11 heteroatoms. The molecule has 6 rings (SSSR count). The van der Waals surface area contributed by atoms with Crippen molar-refractivity contribution in [3.63, 3.8) is 0 Å². The zero-order chi connectivity index (χ0) is 25.4. The van der Waals surface area contributed by atoms with E-state index < -0.39 is 5.60 Å². The molecule has 1 amide bonds. The van der Waals surface area contributed by atoms with E-state index in [1.807, 2.05) is 44.0 Å². The van der Waals surface area contributed by atoms with Gasteiger partial charge in [0.2, 0.25) is 0 Å². The fourth-order valence-electron chi connectivity index (χ4n) is 5.21. The van der Waals surface area contributed by atoms with Crippen LogP contribution in [0.1, 0.15) is 33.6 Å². The minimum Gasteiger partial charge on any atom is -0.444 e. The Morgan fingerprint density at radius 3 is 2.19 bits per heavy atom. The molecule has 4 aromatic heterocycles. The second kappa shape index (κ2) is 9.57. The van der Waals surface area contributed by atoms with Gasteiger partial charge in [0.05, 0.1) is 10.8 Å². The van der Waals surface area contributed by atoms with E-state index in [0.29, 0.717) is 23.0 Å². The average Bonchev–Trinajstić information content (AvgIpc) is 3.60. The second-order valence-corrected chi connectivity index (χ2v) is 10.8. The lowest BCUT2D eigenvalue weighted by molar-refractivity contribution is 0.0279. The molecule has 1 unspecified atom stereocenters. The Bertz CT molecular complexity index is 1350. The number of halogens is 1. The van der Waals surface area contributed by atoms with Crippen molar-refractivity contribution in [2.24, 2.45) is 11.8 Å². The standard InChI is InChI=1S/C19H27N5O2.C6H4ClN3/c1-19(2,3)26-18(25)24-9-12-7-14(8-13(12)10-24)23(4)17-15-5-6-20-16(15)21-11-22-17;7-5-4-1-2-8-6(4)10-3-9-5/h5-6,11-14H,7-10H2,1-4H3,(H,20,21,22);1-3H,(H,8,9,10)/t12-,13+,14?;. The zero-order valence-electron chi connectivity index (χ0n) is 20.9. The molecule has 5 heterocycles. The minimum absolute atomic E-state index is 0.179. The molecule has 0 bridgehead atoms. The molecule has 1 aliphatic heterocycles. The molecule has 1 saturated heterocycles. The van der Waals surface area contributed by atoms with Gasteiger partial charge in [0.1, 0.15) is 40.5 Å². The summed E-state index contributed by atoms with van der Waals surface area (Å²) in [5.41, 5.74) is 1.21. The predicted octanol–water partition coefficient (Wildman–Crippen LogP) is 4.65. The molecule has 1 saturated carbocycles. The van der Waals surface area contributed by atoms with Gasteiger partial charge in [-0.3, -0.25) is 0 Å². The first-order chi connectivity index (χ1) is 17.2. The molecule has 3 atom stereocenters. The predicted molar refractivity (Wildman–Crippen MR) is 139 cm³/mol. The number of ether oxygens (including phenoxy) is 1. The molecule has 2 fully saturated rings. The number of fused-ring (bicyclic) bond motifs is 3. The molecule has 36 heavy (non-hydrogen) atoms. The van der Waals surface area contributed by atoms with Gasteiger partial charge in [-0.15, -0.1) is 0 Å². The van der Waals surface area contributed by atoms with E-state index >= 15 is 0 Å². The number of H-pyrrole nitrogens is 2. The van der Waals surface area contributed by atoms with Crippen LogP contribution in [-0.4, -0.2) is 72.7 Å². The summed E-state index contributed by atoms with van der Waals surface area (Å²) >= 11 is 5.73. The summed E-state index contributed by atoms with van der Waals surface area (Å²) in [6, 6.07) is 4.32. The fraction of sp³-hybridized carbons (Fsp3) is 0.480. The molecule has 0 spiro atoms. The fourth-order valence-corrected chi connectivity index (χ4v) is 5.41. The molecule has 1 aliphatic carbocycles. The van der Waals surface area contributed by atoms with Crippen molar-refractivity contribution in [1.82, 2.24) is 34.8 Å². The highest BCUT2D eigenvalue weighted by Crippen LogP contribution is 2.41. The quantitative estimate of drug-likeness (QED) is 0.377. The van der Waals surface area contributed by atoms with Crippen LogP contribution in [0.4, 0.5) is 10.6 Å². The minimum atomic E-state index is -0.438. The van der Waals surface area contributed by atoms with Gasteiger partial charge >= 0.3 is 6.09 Å². The monoisotopic (exact) mass is 510 g/mol. The number of hydrogen-bond acceptors (Lipinski definition) is 7. The smallest absolute Gasteiger partial charge is 0.410 e. The first-order valence-electron chi connectivity index (χ1n) is 12.1. The van der Waals surface area contributed by atoms with Crippen molar-refractivity contribution in [2.75, 3.05) is 25.0 Å². The van der Waals surface area contributed by atoms with Gasteiger partial charge in [0.25, 0.3) is 0 Å². The van der Waals surface area contributed by atoms with Gasteiger partial charge in [-0.1, -0.05) is 11.6 Å². The van der Waals surface area contributed by atoms with Gasteiger partial charge in [-0.2, -0.15) is 0 Å². The zero-order valence-corrected chi connectivity index (χ0v) is 21.7. The third-order valence-corrected chi connectivity index (χ3v) is 7.20. The van der Waals surface area contributed by atoms with Crippen molar-refractivity contribution in [3.05, 3.63) is 42.3 Å². The van der Waals surface area contributed by atoms with Gasteiger partial charge < -0.3 is 24.5 Å². The maximum atomic E-state index is 12.3. The summed E-state index contributed by atoms with van der Waals surface area (Å²) in [6.45, 7) is 7.34. The Balaban J connectivity index is 0.000000222. The van der Waals surface area contributed by atoms with E-state index in [1.54, 1.807) is 12.5 Å². The molecular weight excluding hydrogens is 480 g/mol. The third kappa shape index (κ3) is 4.95. The largest absolute Gasteiger partial charge is 0.444 e. The number of carbonyl (C=O) groups excluding carboxylic acids is 1. The normalized spacial score (nSPS) is 21.4. The lowest BCUT2D eigenvalue weighted by Crippen LogP contribution is -2.37. The van der Waals surface area contributed by atoms with Crippen LogP contribution in [0, 0.1) is 11.8 Å². The molecule has 10 nitrogen and oxygen atoms in total. The molecule has 2 N–H and O–H groups in total. The van der Waals surface area contributed by atoms with Crippen LogP contribution in [0.25, 0.3) is 22.1 Å². The highest BCUT2D eigenvalue weighted by atomic mass is 35.5. The molecule has 2 aliphatic rings. The summed E-state index contributed by atoms with van der Waals surface area (Å²) in [5, 5.41) is 2.41. The first-order valence-corrected chi connectivity index (χ1v) is 12.5. The van der Waals surface area contributed by atoms with Gasteiger partial charge in [0.15, 0.2) is 0 Å². The number of nitrogens with one attached hydrogen (secondary N) is 2. The van der Waals surface area contributed by atoms with Crippen LogP contribution in [0.5, 0.6) is 0 Å². The summed E-state index contributed by atoms with van der Waals surface area (Å²) in [7, 11) is 2.12. The number of nitrogens with zero attached hydrogens (tertiary/aromatic N) is 6. The van der Waals surface area contributed by atoms with Crippen molar-refractivity contribution in [2.45, 2.75) is 45.3 Å². The molecular formula is C25H31ClN8O2. The number of amides is 1.